The fourth-order valence-corrected chi connectivity index (χ4v) is 3.37. The van der Waals surface area contributed by atoms with Crippen LogP contribution in [-0.4, -0.2) is 28.6 Å². The summed E-state index contributed by atoms with van der Waals surface area (Å²) in [7, 11) is -3.97. The van der Waals surface area contributed by atoms with Crippen LogP contribution in [0, 0.1) is 0 Å². The monoisotopic (exact) mass is 379 g/mol. The summed E-state index contributed by atoms with van der Waals surface area (Å²) in [5, 5.41) is 5.87. The third-order valence-corrected chi connectivity index (χ3v) is 4.79. The van der Waals surface area contributed by atoms with Crippen LogP contribution in [0.2, 0.25) is 5.02 Å². The summed E-state index contributed by atoms with van der Waals surface area (Å²) in [6.45, 7) is -0.467. The van der Waals surface area contributed by atoms with Crippen molar-refractivity contribution in [1.82, 2.24) is 24.9 Å². The van der Waals surface area contributed by atoms with Crippen molar-refractivity contribution < 1.29 is 21.6 Å². The Labute approximate surface area is 138 Å². The van der Waals surface area contributed by atoms with E-state index in [9.17, 15) is 21.6 Å². The molecule has 3 aromatic rings. The van der Waals surface area contributed by atoms with Crippen LogP contribution in [0.4, 0.5) is 13.2 Å². The van der Waals surface area contributed by atoms with E-state index in [1.807, 2.05) is 5.10 Å². The van der Waals surface area contributed by atoms with Crippen LogP contribution in [0.25, 0.3) is 10.9 Å². The second-order valence-corrected chi connectivity index (χ2v) is 6.94. The zero-order valence-electron chi connectivity index (χ0n) is 11.6. The van der Waals surface area contributed by atoms with Crippen molar-refractivity contribution in [3.63, 3.8) is 0 Å². The van der Waals surface area contributed by atoms with Gasteiger partial charge in [0.05, 0.1) is 6.54 Å². The molecule has 0 saturated carbocycles. The first-order valence-electron chi connectivity index (χ1n) is 6.41. The van der Waals surface area contributed by atoms with E-state index in [0.29, 0.717) is 15.9 Å². The lowest BCUT2D eigenvalue weighted by molar-refractivity contribution is -0.144. The molecule has 0 aliphatic heterocycles. The normalized spacial score (nSPS) is 12.8. The van der Waals surface area contributed by atoms with Crippen molar-refractivity contribution in [2.24, 2.45) is 0 Å². The zero-order valence-corrected chi connectivity index (χ0v) is 13.2. The molecule has 12 heteroatoms. The van der Waals surface area contributed by atoms with Crippen LogP contribution >= 0.6 is 11.6 Å². The molecule has 24 heavy (non-hydrogen) atoms. The third-order valence-electron chi connectivity index (χ3n) is 3.11. The van der Waals surface area contributed by atoms with Crippen molar-refractivity contribution in [3.8, 4) is 0 Å². The molecule has 128 valence electrons. The van der Waals surface area contributed by atoms with Gasteiger partial charge in [0, 0.05) is 22.1 Å². The molecule has 2 heterocycles. The molecule has 1 aromatic carbocycles. The highest BCUT2D eigenvalue weighted by atomic mass is 35.5. The van der Waals surface area contributed by atoms with Crippen LogP contribution < -0.4 is 4.72 Å². The first-order chi connectivity index (χ1) is 11.2. The van der Waals surface area contributed by atoms with E-state index in [1.54, 1.807) is 6.07 Å². The first-order valence-corrected chi connectivity index (χ1v) is 8.28. The zero-order chi connectivity index (χ0) is 17.5. The van der Waals surface area contributed by atoms with Gasteiger partial charge in [0.25, 0.3) is 5.82 Å². The molecule has 0 saturated heterocycles. The minimum atomic E-state index is -4.70. The van der Waals surface area contributed by atoms with Gasteiger partial charge in [-0.05, 0) is 18.2 Å². The van der Waals surface area contributed by atoms with Crippen LogP contribution in [0.3, 0.4) is 0 Å². The van der Waals surface area contributed by atoms with Gasteiger partial charge in [0.2, 0.25) is 10.0 Å². The molecule has 2 aromatic heterocycles. The van der Waals surface area contributed by atoms with Gasteiger partial charge in [-0.15, -0.1) is 5.10 Å². The molecular formula is C12H9ClF3N5O2S. The first kappa shape index (κ1) is 16.7. The lowest BCUT2D eigenvalue weighted by Crippen LogP contribution is -2.23. The van der Waals surface area contributed by atoms with Crippen molar-refractivity contribution in [2.75, 3.05) is 0 Å². The molecule has 0 bridgehead atoms. The average molecular weight is 380 g/mol. The number of alkyl halides is 3. The molecule has 7 nitrogen and oxygen atoms in total. The molecule has 0 fully saturated rings. The SMILES string of the molecule is O=S(=O)(NCc1nc(C(F)(F)F)n[nH]1)c1c[nH]c2cc(Cl)ccc12. The molecule has 0 radical (unpaired) electrons. The Morgan fingerprint density at radius 1 is 1.29 bits per heavy atom. The number of sulfonamides is 1. The maximum Gasteiger partial charge on any atom is 0.453 e. The molecular weight excluding hydrogens is 371 g/mol. The van der Waals surface area contributed by atoms with Crippen LogP contribution in [-0.2, 0) is 22.7 Å². The highest BCUT2D eigenvalue weighted by Crippen LogP contribution is 2.26. The van der Waals surface area contributed by atoms with Crippen LogP contribution in [0.15, 0.2) is 29.3 Å². The summed E-state index contributed by atoms with van der Waals surface area (Å²) in [6, 6.07) is 4.61. The van der Waals surface area contributed by atoms with Crippen molar-refractivity contribution in [1.29, 1.82) is 0 Å². The van der Waals surface area contributed by atoms with Gasteiger partial charge in [-0.2, -0.15) is 13.2 Å². The number of benzene rings is 1. The van der Waals surface area contributed by atoms with Crippen molar-refractivity contribution in [2.45, 2.75) is 17.6 Å². The minimum Gasteiger partial charge on any atom is -0.360 e. The number of rotatable bonds is 4. The van der Waals surface area contributed by atoms with Crippen LogP contribution in [0.1, 0.15) is 11.6 Å². The van der Waals surface area contributed by atoms with E-state index < -0.39 is 28.6 Å². The molecule has 3 rings (SSSR count). The molecule has 0 aliphatic rings. The molecule has 0 unspecified atom stereocenters. The van der Waals surface area contributed by atoms with Gasteiger partial charge in [-0.1, -0.05) is 11.6 Å². The number of fused-ring (bicyclic) bond motifs is 1. The molecule has 3 N–H and O–H groups in total. The number of nitrogens with one attached hydrogen (secondary N) is 3. The summed E-state index contributed by atoms with van der Waals surface area (Å²) in [5.74, 6) is -1.62. The maximum atomic E-state index is 12.4. The highest BCUT2D eigenvalue weighted by molar-refractivity contribution is 7.89. The van der Waals surface area contributed by atoms with Gasteiger partial charge >= 0.3 is 6.18 Å². The number of hydrogen-bond donors (Lipinski definition) is 3. The molecule has 0 atom stereocenters. The van der Waals surface area contributed by atoms with E-state index in [0.717, 1.165) is 0 Å². The van der Waals surface area contributed by atoms with E-state index in [2.05, 4.69) is 19.8 Å². The topological polar surface area (TPSA) is 104 Å². The summed E-state index contributed by atoms with van der Waals surface area (Å²) in [6.07, 6.45) is -3.44. The van der Waals surface area contributed by atoms with Gasteiger partial charge in [0.15, 0.2) is 0 Å². The van der Waals surface area contributed by atoms with E-state index >= 15 is 0 Å². The molecule has 0 amide bonds. The fourth-order valence-electron chi connectivity index (χ4n) is 2.04. The maximum absolute atomic E-state index is 12.4. The van der Waals surface area contributed by atoms with Gasteiger partial charge < -0.3 is 4.98 Å². The van der Waals surface area contributed by atoms with Crippen molar-refractivity contribution in [3.05, 3.63) is 41.1 Å². The summed E-state index contributed by atoms with van der Waals surface area (Å²) in [4.78, 5) is 5.91. The number of nitrogens with zero attached hydrogens (tertiary/aromatic N) is 2. The smallest absolute Gasteiger partial charge is 0.360 e. The van der Waals surface area contributed by atoms with E-state index in [4.69, 9.17) is 11.6 Å². The van der Waals surface area contributed by atoms with Crippen molar-refractivity contribution >= 4 is 32.5 Å². The predicted octanol–water partition coefficient (Wildman–Crippen LogP) is 2.44. The largest absolute Gasteiger partial charge is 0.453 e. The number of aromatic amines is 2. The number of H-pyrrole nitrogens is 2. The standard InChI is InChI=1S/C12H9ClF3N5O2S/c13-6-1-2-7-8(3-6)17-4-9(7)24(22,23)18-5-10-19-11(21-20-10)12(14,15)16/h1-4,17-18H,5H2,(H,19,20,21). The lowest BCUT2D eigenvalue weighted by atomic mass is 10.2. The van der Waals surface area contributed by atoms with E-state index in [-0.39, 0.29) is 10.7 Å². The average Bonchev–Trinajstić information content (AvgIpc) is 3.11. The van der Waals surface area contributed by atoms with Gasteiger partial charge in [-0.3, -0.25) is 5.10 Å². The van der Waals surface area contributed by atoms with Gasteiger partial charge in [0.1, 0.15) is 10.7 Å². The highest BCUT2D eigenvalue weighted by Gasteiger charge is 2.36. The van der Waals surface area contributed by atoms with Crippen LogP contribution in [0.5, 0.6) is 0 Å². The Morgan fingerprint density at radius 3 is 2.71 bits per heavy atom. The third kappa shape index (κ3) is 3.23. The molecule has 0 spiro atoms. The summed E-state index contributed by atoms with van der Waals surface area (Å²) in [5.41, 5.74) is 0.516. The molecule has 0 aliphatic carbocycles. The Hall–Kier alpha value is -2.11. The number of aromatic nitrogens is 4. The number of hydrogen-bond acceptors (Lipinski definition) is 4. The predicted molar refractivity (Wildman–Crippen MR) is 78.7 cm³/mol. The summed E-state index contributed by atoms with van der Waals surface area (Å²) < 4.78 is 64.0. The van der Waals surface area contributed by atoms with Gasteiger partial charge in [-0.25, -0.2) is 18.1 Å². The quantitative estimate of drug-likeness (QED) is 0.647. The fraction of sp³-hybridized carbons (Fsp3) is 0.167. The second-order valence-electron chi connectivity index (χ2n) is 4.77. The lowest BCUT2D eigenvalue weighted by Gasteiger charge is -2.04. The number of halogens is 4. The Balaban J connectivity index is 1.82. The van der Waals surface area contributed by atoms with E-state index in [1.165, 1.54) is 18.3 Å². The second kappa shape index (κ2) is 5.76. The Kier molecular flexibility index (Phi) is 4.01. The Bertz CT molecular complexity index is 996. The summed E-state index contributed by atoms with van der Waals surface area (Å²) >= 11 is 5.83. The minimum absolute atomic E-state index is 0.0512. The Morgan fingerprint density at radius 2 is 2.04 bits per heavy atom.